The summed E-state index contributed by atoms with van der Waals surface area (Å²) in [5, 5.41) is 0. The second-order valence-corrected chi connectivity index (χ2v) is 4.54. The van der Waals surface area contributed by atoms with Crippen molar-refractivity contribution < 1.29 is 0 Å². The lowest BCUT2D eigenvalue weighted by Crippen LogP contribution is -2.07. The molecule has 2 N–H and O–H groups in total. The fraction of sp³-hybridized carbons (Fsp3) is 0.200. The minimum Gasteiger partial charge on any atom is -0.320 e. The highest BCUT2D eigenvalue weighted by atomic mass is 14.7. The van der Waals surface area contributed by atoms with Crippen LogP contribution in [0, 0.1) is 13.8 Å². The third-order valence-electron chi connectivity index (χ3n) is 3.67. The molecule has 0 saturated carbocycles. The van der Waals surface area contributed by atoms with Gasteiger partial charge in [-0.05, 0) is 47.2 Å². The first-order chi connectivity index (χ1) is 7.70. The molecule has 1 aliphatic carbocycles. The van der Waals surface area contributed by atoms with E-state index in [4.69, 9.17) is 5.73 Å². The van der Waals surface area contributed by atoms with E-state index in [1.165, 1.54) is 33.4 Å². The zero-order valence-electron chi connectivity index (χ0n) is 9.62. The first kappa shape index (κ1) is 9.61. The highest BCUT2D eigenvalue weighted by Crippen LogP contribution is 2.44. The molecule has 0 bridgehead atoms. The van der Waals surface area contributed by atoms with Gasteiger partial charge in [0.25, 0.3) is 0 Å². The van der Waals surface area contributed by atoms with Crippen LogP contribution in [0.4, 0.5) is 0 Å². The number of hydrogen-bond donors (Lipinski definition) is 1. The van der Waals surface area contributed by atoms with Crippen LogP contribution in [0.5, 0.6) is 0 Å². The van der Waals surface area contributed by atoms with Crippen molar-refractivity contribution in [2.45, 2.75) is 19.9 Å². The number of hydrogen-bond acceptors (Lipinski definition) is 1. The maximum absolute atomic E-state index is 6.28. The lowest BCUT2D eigenvalue weighted by atomic mass is 9.96. The van der Waals surface area contributed by atoms with Crippen LogP contribution in [0.15, 0.2) is 36.4 Å². The van der Waals surface area contributed by atoms with Gasteiger partial charge in [0, 0.05) is 0 Å². The predicted octanol–water partition coefficient (Wildman–Crippen LogP) is 3.33. The van der Waals surface area contributed by atoms with Gasteiger partial charge in [-0.15, -0.1) is 0 Å². The number of benzene rings is 2. The molecule has 0 radical (unpaired) electrons. The van der Waals surface area contributed by atoms with E-state index >= 15 is 0 Å². The number of aryl methyl sites for hydroxylation is 1. The average Bonchev–Trinajstić information content (AvgIpc) is 2.59. The summed E-state index contributed by atoms with van der Waals surface area (Å²) in [4.78, 5) is 0. The number of rotatable bonds is 0. The standard InChI is InChI=1S/C15H15N/c1-9-7-8-13-14(10(9)2)11-5-3-4-6-12(11)15(13)16/h3-8,15H,16H2,1-2H3. The van der Waals surface area contributed by atoms with Gasteiger partial charge in [0.1, 0.15) is 0 Å². The zero-order valence-corrected chi connectivity index (χ0v) is 9.62. The van der Waals surface area contributed by atoms with Crippen molar-refractivity contribution in [2.75, 3.05) is 0 Å². The Bertz CT molecular complexity index is 570. The Balaban J connectivity index is 2.40. The molecule has 1 nitrogen and oxygen atoms in total. The van der Waals surface area contributed by atoms with Crippen molar-refractivity contribution in [1.29, 1.82) is 0 Å². The van der Waals surface area contributed by atoms with E-state index in [0.29, 0.717) is 0 Å². The summed E-state index contributed by atoms with van der Waals surface area (Å²) in [6.45, 7) is 4.34. The van der Waals surface area contributed by atoms with E-state index in [1.807, 2.05) is 0 Å². The van der Waals surface area contributed by atoms with Gasteiger partial charge in [-0.25, -0.2) is 0 Å². The summed E-state index contributed by atoms with van der Waals surface area (Å²) in [5.41, 5.74) is 14.2. The topological polar surface area (TPSA) is 26.0 Å². The molecule has 0 fully saturated rings. The van der Waals surface area contributed by atoms with Crippen LogP contribution in [-0.4, -0.2) is 0 Å². The normalized spacial score (nSPS) is 17.1. The fourth-order valence-electron chi connectivity index (χ4n) is 2.62. The van der Waals surface area contributed by atoms with Gasteiger partial charge in [0.2, 0.25) is 0 Å². The third kappa shape index (κ3) is 1.09. The van der Waals surface area contributed by atoms with Crippen molar-refractivity contribution in [2.24, 2.45) is 5.73 Å². The molecule has 0 heterocycles. The summed E-state index contributed by atoms with van der Waals surface area (Å²) in [6.07, 6.45) is 0. The van der Waals surface area contributed by atoms with Crippen LogP contribution in [0.25, 0.3) is 11.1 Å². The molecular formula is C15H15N. The summed E-state index contributed by atoms with van der Waals surface area (Å²) in [6, 6.07) is 12.8. The Kier molecular flexibility index (Phi) is 1.92. The molecule has 2 aromatic carbocycles. The lowest BCUT2D eigenvalue weighted by molar-refractivity contribution is 0.899. The highest BCUT2D eigenvalue weighted by Gasteiger charge is 2.26. The summed E-state index contributed by atoms with van der Waals surface area (Å²) in [7, 11) is 0. The molecule has 1 heteroatoms. The van der Waals surface area contributed by atoms with Gasteiger partial charge >= 0.3 is 0 Å². The molecule has 1 aliphatic rings. The maximum Gasteiger partial charge on any atom is 0.0564 e. The van der Waals surface area contributed by atoms with E-state index in [9.17, 15) is 0 Å². The van der Waals surface area contributed by atoms with Gasteiger partial charge in [0.15, 0.2) is 0 Å². The Labute approximate surface area is 95.9 Å². The van der Waals surface area contributed by atoms with E-state index in [1.54, 1.807) is 0 Å². The van der Waals surface area contributed by atoms with E-state index in [0.717, 1.165) is 0 Å². The molecule has 1 unspecified atom stereocenters. The Morgan fingerprint density at radius 1 is 0.938 bits per heavy atom. The van der Waals surface area contributed by atoms with Gasteiger partial charge in [0.05, 0.1) is 6.04 Å². The van der Waals surface area contributed by atoms with Gasteiger partial charge < -0.3 is 5.73 Å². The van der Waals surface area contributed by atoms with Crippen LogP contribution in [0.2, 0.25) is 0 Å². The van der Waals surface area contributed by atoms with Crippen molar-refractivity contribution in [3.63, 3.8) is 0 Å². The van der Waals surface area contributed by atoms with Gasteiger partial charge in [-0.2, -0.15) is 0 Å². The monoisotopic (exact) mass is 209 g/mol. The van der Waals surface area contributed by atoms with E-state index in [2.05, 4.69) is 50.2 Å². The maximum atomic E-state index is 6.28. The van der Waals surface area contributed by atoms with E-state index in [-0.39, 0.29) is 6.04 Å². The molecule has 2 aromatic rings. The summed E-state index contributed by atoms with van der Waals surface area (Å²) in [5.74, 6) is 0. The van der Waals surface area contributed by atoms with Crippen molar-refractivity contribution in [3.05, 3.63) is 58.7 Å². The molecule has 80 valence electrons. The highest BCUT2D eigenvalue weighted by molar-refractivity contribution is 5.81. The minimum absolute atomic E-state index is 0.0468. The zero-order chi connectivity index (χ0) is 11.3. The van der Waals surface area contributed by atoms with Crippen LogP contribution >= 0.6 is 0 Å². The quantitative estimate of drug-likeness (QED) is 0.707. The minimum atomic E-state index is 0.0468. The molecule has 0 spiro atoms. The number of nitrogens with two attached hydrogens (primary N) is 1. The Morgan fingerprint density at radius 2 is 1.69 bits per heavy atom. The van der Waals surface area contributed by atoms with Crippen LogP contribution in [0.3, 0.4) is 0 Å². The molecular weight excluding hydrogens is 194 g/mol. The predicted molar refractivity (Wildman–Crippen MR) is 67.4 cm³/mol. The molecule has 0 saturated heterocycles. The van der Waals surface area contributed by atoms with Crippen molar-refractivity contribution >= 4 is 0 Å². The number of fused-ring (bicyclic) bond motifs is 3. The molecule has 0 aromatic heterocycles. The first-order valence-electron chi connectivity index (χ1n) is 5.65. The van der Waals surface area contributed by atoms with Crippen LogP contribution in [-0.2, 0) is 0 Å². The Hall–Kier alpha value is -1.60. The second-order valence-electron chi connectivity index (χ2n) is 4.54. The summed E-state index contributed by atoms with van der Waals surface area (Å²) >= 11 is 0. The molecule has 16 heavy (non-hydrogen) atoms. The largest absolute Gasteiger partial charge is 0.320 e. The van der Waals surface area contributed by atoms with Gasteiger partial charge in [-0.1, -0.05) is 36.4 Å². The van der Waals surface area contributed by atoms with Crippen LogP contribution in [0.1, 0.15) is 28.3 Å². The Morgan fingerprint density at radius 3 is 2.50 bits per heavy atom. The third-order valence-corrected chi connectivity index (χ3v) is 3.67. The second kappa shape index (κ2) is 3.19. The van der Waals surface area contributed by atoms with Crippen molar-refractivity contribution in [3.8, 4) is 11.1 Å². The van der Waals surface area contributed by atoms with Crippen LogP contribution < -0.4 is 5.73 Å². The molecule has 3 rings (SSSR count). The summed E-state index contributed by atoms with van der Waals surface area (Å²) < 4.78 is 0. The smallest absolute Gasteiger partial charge is 0.0564 e. The van der Waals surface area contributed by atoms with Crippen molar-refractivity contribution in [1.82, 2.24) is 0 Å². The molecule has 0 aliphatic heterocycles. The first-order valence-corrected chi connectivity index (χ1v) is 5.65. The molecule has 0 amide bonds. The van der Waals surface area contributed by atoms with Gasteiger partial charge in [-0.3, -0.25) is 0 Å². The fourth-order valence-corrected chi connectivity index (χ4v) is 2.62. The molecule has 1 atom stereocenters. The van der Waals surface area contributed by atoms with E-state index < -0.39 is 0 Å². The average molecular weight is 209 g/mol. The lowest BCUT2D eigenvalue weighted by Gasteiger charge is -2.09. The SMILES string of the molecule is Cc1ccc2c(c1C)-c1ccccc1C2N.